The molecule has 9 heteroatoms. The maximum Gasteiger partial charge on any atom is 0.404 e. The molecule has 2 aromatic heterocycles. The fourth-order valence-electron chi connectivity index (χ4n) is 3.99. The molecule has 5 nitrogen and oxygen atoms in total. The molecule has 0 aliphatic carbocycles. The summed E-state index contributed by atoms with van der Waals surface area (Å²) in [6.07, 6.45) is -1.28. The maximum absolute atomic E-state index is 13.3. The summed E-state index contributed by atoms with van der Waals surface area (Å²) >= 11 is 6.25. The predicted molar refractivity (Wildman–Crippen MR) is 122 cm³/mol. The number of fused-ring (bicyclic) bond motifs is 4. The minimum atomic E-state index is -4.40. The van der Waals surface area contributed by atoms with Gasteiger partial charge in [0.2, 0.25) is 0 Å². The highest BCUT2D eigenvalue weighted by Crippen LogP contribution is 2.39. The molecule has 0 saturated heterocycles. The summed E-state index contributed by atoms with van der Waals surface area (Å²) in [6, 6.07) is 11.1. The Morgan fingerprint density at radius 1 is 1.12 bits per heavy atom. The first-order valence-electron chi connectivity index (χ1n) is 10.4. The van der Waals surface area contributed by atoms with Crippen LogP contribution in [0.15, 0.2) is 42.7 Å². The van der Waals surface area contributed by atoms with Crippen LogP contribution >= 0.6 is 11.6 Å². The number of anilines is 2. The molecule has 0 radical (unpaired) electrons. The van der Waals surface area contributed by atoms with Gasteiger partial charge in [-0.05, 0) is 62.6 Å². The van der Waals surface area contributed by atoms with Gasteiger partial charge in [0.1, 0.15) is 17.6 Å². The number of aromatic nitrogens is 4. The van der Waals surface area contributed by atoms with E-state index in [2.05, 4.69) is 26.9 Å². The first kappa shape index (κ1) is 21.5. The fraction of sp³-hybridized carbons (Fsp3) is 0.292. The van der Waals surface area contributed by atoms with Gasteiger partial charge in [-0.25, -0.2) is 0 Å². The number of halogens is 4. The van der Waals surface area contributed by atoms with Crippen molar-refractivity contribution in [3.05, 3.63) is 58.9 Å². The molecular weight excluding hydrogens is 451 g/mol. The lowest BCUT2D eigenvalue weighted by atomic mass is 9.91. The van der Waals surface area contributed by atoms with Crippen molar-refractivity contribution in [1.29, 1.82) is 0 Å². The first-order chi connectivity index (χ1) is 15.7. The minimum absolute atomic E-state index is 0.440. The Hall–Kier alpha value is -3.31. The Bertz CT molecular complexity index is 1450. The van der Waals surface area contributed by atoms with Gasteiger partial charge < -0.3 is 4.90 Å². The molecule has 1 aliphatic heterocycles. The molecule has 1 aliphatic rings. The van der Waals surface area contributed by atoms with E-state index in [1.165, 1.54) is 0 Å². The molecule has 0 atom stereocenters. The van der Waals surface area contributed by atoms with Crippen LogP contribution in [0.1, 0.15) is 31.4 Å². The Kier molecular flexibility index (Phi) is 4.98. The van der Waals surface area contributed by atoms with Gasteiger partial charge in [0.15, 0.2) is 0 Å². The molecule has 33 heavy (non-hydrogen) atoms. The highest BCUT2D eigenvalue weighted by molar-refractivity contribution is 6.31. The third-order valence-electron chi connectivity index (χ3n) is 5.92. The minimum Gasteiger partial charge on any atom is -0.325 e. The van der Waals surface area contributed by atoms with Gasteiger partial charge in [0, 0.05) is 28.2 Å². The molecule has 5 rings (SSSR count). The van der Waals surface area contributed by atoms with Gasteiger partial charge in [-0.3, -0.25) is 4.40 Å². The summed E-state index contributed by atoms with van der Waals surface area (Å²) in [5.74, 6) is 6.37. The number of rotatable bonds is 1. The van der Waals surface area contributed by atoms with Gasteiger partial charge in [0.25, 0.3) is 5.78 Å². The predicted octanol–water partition coefficient (Wildman–Crippen LogP) is 5.96. The second-order valence-electron chi connectivity index (χ2n) is 8.53. The van der Waals surface area contributed by atoms with Crippen LogP contribution in [-0.4, -0.2) is 32.3 Å². The average molecular weight is 470 g/mol. The van der Waals surface area contributed by atoms with Gasteiger partial charge in [0.05, 0.1) is 5.52 Å². The number of benzene rings is 2. The van der Waals surface area contributed by atoms with E-state index in [4.69, 9.17) is 16.6 Å². The van der Waals surface area contributed by atoms with Crippen LogP contribution in [-0.2, 0) is 6.42 Å². The number of hydrogen-bond donors (Lipinski definition) is 0. The smallest absolute Gasteiger partial charge is 0.325 e. The molecular formula is C24H19ClF3N5. The van der Waals surface area contributed by atoms with Gasteiger partial charge in [-0.1, -0.05) is 29.5 Å². The molecule has 0 bridgehead atoms. The third kappa shape index (κ3) is 3.66. The normalized spacial score (nSPS) is 14.3. The molecule has 0 N–H and O–H groups in total. The topological polar surface area (TPSA) is 46.3 Å². The van der Waals surface area contributed by atoms with Crippen LogP contribution in [0, 0.1) is 17.3 Å². The van der Waals surface area contributed by atoms with Crippen molar-refractivity contribution < 1.29 is 13.2 Å². The summed E-state index contributed by atoms with van der Waals surface area (Å²) in [6.45, 7) is 2.89. The van der Waals surface area contributed by atoms with E-state index in [-0.39, 0.29) is 0 Å². The zero-order valence-electron chi connectivity index (χ0n) is 17.9. The molecule has 0 amide bonds. The first-order valence-corrected chi connectivity index (χ1v) is 10.8. The Labute approximate surface area is 193 Å². The van der Waals surface area contributed by atoms with E-state index in [1.54, 1.807) is 22.9 Å². The van der Waals surface area contributed by atoms with Crippen LogP contribution in [0.4, 0.5) is 24.7 Å². The van der Waals surface area contributed by atoms with Crippen molar-refractivity contribution in [2.24, 2.45) is 5.41 Å². The van der Waals surface area contributed by atoms with Crippen molar-refractivity contribution in [1.82, 2.24) is 19.6 Å². The highest BCUT2D eigenvalue weighted by Gasteiger charge is 2.46. The van der Waals surface area contributed by atoms with Crippen molar-refractivity contribution in [2.45, 2.75) is 32.9 Å². The Morgan fingerprint density at radius 2 is 1.94 bits per heavy atom. The van der Waals surface area contributed by atoms with Crippen LogP contribution in [0.25, 0.3) is 16.7 Å². The van der Waals surface area contributed by atoms with Crippen LogP contribution in [0.2, 0.25) is 5.02 Å². The standard InChI is InChI=1S/C24H19ClF3N5/c1-23(2,24(26,27)28)11-10-15-5-3-7-19-17(15)6-4-12-32(19)21-18-9-8-16(25)13-20(18)33-14-29-31-22(33)30-21/h3,5,7-9,13-14H,4,6,12H2,1-2H3. The Balaban J connectivity index is 1.66. The number of nitrogens with zero attached hydrogens (tertiary/aromatic N) is 5. The number of alkyl halides is 3. The average Bonchev–Trinajstić information content (AvgIpc) is 3.25. The lowest BCUT2D eigenvalue weighted by Crippen LogP contribution is -2.30. The number of hydrogen-bond acceptors (Lipinski definition) is 4. The molecule has 0 spiro atoms. The van der Waals surface area contributed by atoms with Gasteiger partial charge >= 0.3 is 6.18 Å². The Morgan fingerprint density at radius 3 is 2.73 bits per heavy atom. The van der Waals surface area contributed by atoms with Crippen molar-refractivity contribution in [3.63, 3.8) is 0 Å². The second kappa shape index (κ2) is 7.63. The summed E-state index contributed by atoms with van der Waals surface area (Å²) in [5, 5.41) is 9.53. The molecule has 0 fully saturated rings. The van der Waals surface area contributed by atoms with E-state index in [0.717, 1.165) is 48.8 Å². The maximum atomic E-state index is 13.3. The molecule has 0 saturated carbocycles. The zero-order valence-corrected chi connectivity index (χ0v) is 18.7. The summed E-state index contributed by atoms with van der Waals surface area (Å²) in [7, 11) is 0. The zero-order chi connectivity index (χ0) is 23.4. The molecule has 168 valence electrons. The van der Waals surface area contributed by atoms with E-state index < -0.39 is 11.6 Å². The lowest BCUT2D eigenvalue weighted by Gasteiger charge is -2.32. The molecule has 3 heterocycles. The largest absolute Gasteiger partial charge is 0.404 e. The van der Waals surface area contributed by atoms with Crippen molar-refractivity contribution >= 4 is 39.8 Å². The third-order valence-corrected chi connectivity index (χ3v) is 6.16. The SMILES string of the molecule is CC(C)(C#Cc1cccc2c1CCCN2c1nc2nncn2c2cc(Cl)ccc12)C(F)(F)F. The van der Waals surface area contributed by atoms with E-state index in [1.807, 2.05) is 24.3 Å². The highest BCUT2D eigenvalue weighted by atomic mass is 35.5. The van der Waals surface area contributed by atoms with Crippen LogP contribution in [0.5, 0.6) is 0 Å². The van der Waals surface area contributed by atoms with Gasteiger partial charge in [-0.15, -0.1) is 10.2 Å². The monoisotopic (exact) mass is 469 g/mol. The van der Waals surface area contributed by atoms with E-state index >= 15 is 0 Å². The fourth-order valence-corrected chi connectivity index (χ4v) is 4.15. The van der Waals surface area contributed by atoms with Crippen LogP contribution in [0.3, 0.4) is 0 Å². The molecule has 4 aromatic rings. The van der Waals surface area contributed by atoms with Gasteiger partial charge in [-0.2, -0.15) is 18.2 Å². The lowest BCUT2D eigenvalue weighted by molar-refractivity contribution is -0.190. The van der Waals surface area contributed by atoms with Crippen molar-refractivity contribution in [3.8, 4) is 11.8 Å². The van der Waals surface area contributed by atoms with E-state index in [9.17, 15) is 13.2 Å². The quantitative estimate of drug-likeness (QED) is 0.323. The second-order valence-corrected chi connectivity index (χ2v) is 8.97. The molecule has 2 aromatic carbocycles. The summed E-state index contributed by atoms with van der Waals surface area (Å²) < 4.78 is 41.7. The molecule has 0 unspecified atom stereocenters. The van der Waals surface area contributed by atoms with Crippen molar-refractivity contribution in [2.75, 3.05) is 11.4 Å². The summed E-state index contributed by atoms with van der Waals surface area (Å²) in [5.41, 5.74) is 1.12. The summed E-state index contributed by atoms with van der Waals surface area (Å²) in [4.78, 5) is 6.82. The van der Waals surface area contributed by atoms with E-state index in [0.29, 0.717) is 28.7 Å². The van der Waals surface area contributed by atoms with Crippen LogP contribution < -0.4 is 4.90 Å².